The van der Waals surface area contributed by atoms with E-state index in [-0.39, 0.29) is 5.69 Å². The van der Waals surface area contributed by atoms with E-state index >= 15 is 0 Å². The van der Waals surface area contributed by atoms with Gasteiger partial charge in [-0.25, -0.2) is 5.21 Å². The molecule has 22 heavy (non-hydrogen) atoms. The van der Waals surface area contributed by atoms with Crippen LogP contribution in [-0.2, 0) is 0 Å². The molecule has 1 heterocycles. The zero-order chi connectivity index (χ0) is 15.7. The smallest absolute Gasteiger partial charge is 0.282 e. The molecule has 2 aromatic carbocycles. The van der Waals surface area contributed by atoms with E-state index < -0.39 is 17.0 Å². The SMILES string of the molecule is O=C1c2ccccc2C(=O)N1/N=C/c1ccc([NH+]([O-])O)cc1. The molecule has 3 rings (SSSR count). The van der Waals surface area contributed by atoms with Gasteiger partial charge in [0.25, 0.3) is 11.8 Å². The molecule has 110 valence electrons. The van der Waals surface area contributed by atoms with E-state index in [9.17, 15) is 14.8 Å². The van der Waals surface area contributed by atoms with Crippen molar-refractivity contribution in [3.63, 3.8) is 0 Å². The molecule has 2 N–H and O–H groups in total. The van der Waals surface area contributed by atoms with Crippen LogP contribution in [-0.4, -0.2) is 28.2 Å². The highest BCUT2D eigenvalue weighted by molar-refractivity contribution is 6.21. The van der Waals surface area contributed by atoms with Crippen LogP contribution >= 0.6 is 0 Å². The van der Waals surface area contributed by atoms with Gasteiger partial charge >= 0.3 is 0 Å². The number of carbonyl (C=O) groups excluding carboxylic acids is 2. The van der Waals surface area contributed by atoms with Crippen molar-refractivity contribution >= 4 is 23.7 Å². The van der Waals surface area contributed by atoms with E-state index in [0.717, 1.165) is 5.01 Å². The third-order valence-electron chi connectivity index (χ3n) is 3.25. The average Bonchev–Trinajstić information content (AvgIpc) is 2.78. The molecule has 0 bridgehead atoms. The summed E-state index contributed by atoms with van der Waals surface area (Å²) in [4.78, 5) is 24.2. The molecular formula is C15H11N3O4. The Morgan fingerprint density at radius 1 is 1.00 bits per heavy atom. The third kappa shape index (κ3) is 2.40. The summed E-state index contributed by atoms with van der Waals surface area (Å²) in [5.74, 6) is -0.946. The van der Waals surface area contributed by atoms with E-state index in [0.29, 0.717) is 16.7 Å². The minimum absolute atomic E-state index is 0.151. The molecule has 0 radical (unpaired) electrons. The maximum absolute atomic E-state index is 12.1. The normalized spacial score (nSPS) is 15.5. The lowest BCUT2D eigenvalue weighted by atomic mass is 10.1. The highest BCUT2D eigenvalue weighted by Gasteiger charge is 2.35. The highest BCUT2D eigenvalue weighted by Crippen LogP contribution is 2.22. The highest BCUT2D eigenvalue weighted by atomic mass is 16.8. The summed E-state index contributed by atoms with van der Waals surface area (Å²) in [6, 6.07) is 12.5. The summed E-state index contributed by atoms with van der Waals surface area (Å²) in [6.45, 7) is 0. The summed E-state index contributed by atoms with van der Waals surface area (Å²) in [7, 11) is 0. The van der Waals surface area contributed by atoms with Gasteiger partial charge in [-0.2, -0.15) is 15.3 Å². The number of nitrogens with one attached hydrogen (secondary N) is 1. The molecular weight excluding hydrogens is 286 g/mol. The quantitative estimate of drug-likeness (QED) is 0.495. The second-order valence-electron chi connectivity index (χ2n) is 4.64. The van der Waals surface area contributed by atoms with Crippen LogP contribution in [0, 0.1) is 5.21 Å². The molecule has 1 aliphatic heterocycles. The van der Waals surface area contributed by atoms with E-state index in [2.05, 4.69) is 5.10 Å². The van der Waals surface area contributed by atoms with Gasteiger partial charge in [0.05, 0.1) is 17.3 Å². The molecule has 1 atom stereocenters. The van der Waals surface area contributed by atoms with Crippen molar-refractivity contribution in [1.29, 1.82) is 0 Å². The molecule has 0 spiro atoms. The predicted molar refractivity (Wildman–Crippen MR) is 76.8 cm³/mol. The molecule has 7 heteroatoms. The van der Waals surface area contributed by atoms with Crippen molar-refractivity contribution in [2.24, 2.45) is 5.10 Å². The maximum atomic E-state index is 12.1. The van der Waals surface area contributed by atoms with E-state index in [4.69, 9.17) is 5.21 Å². The Hall–Kier alpha value is -2.87. The maximum Gasteiger partial charge on any atom is 0.282 e. The number of imide groups is 1. The molecule has 0 aromatic heterocycles. The number of amides is 2. The Labute approximate surface area is 125 Å². The Bertz CT molecular complexity index is 734. The molecule has 7 nitrogen and oxygen atoms in total. The summed E-state index contributed by atoms with van der Waals surface area (Å²) in [6.07, 6.45) is 1.34. The monoisotopic (exact) mass is 297 g/mol. The third-order valence-corrected chi connectivity index (χ3v) is 3.25. The molecule has 1 aliphatic rings. The van der Waals surface area contributed by atoms with Crippen LogP contribution in [0.25, 0.3) is 0 Å². The fourth-order valence-electron chi connectivity index (χ4n) is 2.12. The van der Waals surface area contributed by atoms with Crippen molar-refractivity contribution in [1.82, 2.24) is 5.01 Å². The second-order valence-corrected chi connectivity index (χ2v) is 4.64. The number of carbonyl (C=O) groups is 2. The van der Waals surface area contributed by atoms with Crippen molar-refractivity contribution in [2.45, 2.75) is 0 Å². The number of hydrogen-bond acceptors (Lipinski definition) is 5. The van der Waals surface area contributed by atoms with Gasteiger partial charge in [-0.05, 0) is 29.8 Å². The lowest BCUT2D eigenvalue weighted by Gasteiger charge is -2.11. The molecule has 0 saturated heterocycles. The lowest BCUT2D eigenvalue weighted by molar-refractivity contribution is -0.991. The molecule has 0 saturated carbocycles. The van der Waals surface area contributed by atoms with Crippen LogP contribution in [0.1, 0.15) is 26.3 Å². The Morgan fingerprint density at radius 2 is 1.55 bits per heavy atom. The summed E-state index contributed by atoms with van der Waals surface area (Å²) in [5.41, 5.74) is 1.39. The van der Waals surface area contributed by atoms with Crippen molar-refractivity contribution in [3.05, 3.63) is 70.4 Å². The van der Waals surface area contributed by atoms with Gasteiger partial charge < -0.3 is 5.21 Å². The van der Waals surface area contributed by atoms with Gasteiger partial charge in [0.2, 0.25) is 0 Å². The minimum Gasteiger partial charge on any atom is -0.595 e. The van der Waals surface area contributed by atoms with Gasteiger partial charge in [0, 0.05) is 12.1 Å². The van der Waals surface area contributed by atoms with Crippen molar-refractivity contribution < 1.29 is 20.0 Å². The molecule has 2 aromatic rings. The summed E-state index contributed by atoms with van der Waals surface area (Å²) in [5, 5.41) is 23.3. The lowest BCUT2D eigenvalue weighted by Crippen LogP contribution is -2.99. The van der Waals surface area contributed by atoms with Gasteiger partial charge in [0.1, 0.15) is 0 Å². The van der Waals surface area contributed by atoms with Crippen LogP contribution in [0.5, 0.6) is 0 Å². The predicted octanol–water partition coefficient (Wildman–Crippen LogP) is 0.720. The first-order valence-electron chi connectivity index (χ1n) is 6.43. The van der Waals surface area contributed by atoms with Gasteiger partial charge in [-0.1, -0.05) is 12.1 Å². The number of hydrazone groups is 1. The topological polar surface area (TPSA) is 97.5 Å². The Balaban J connectivity index is 1.82. The minimum atomic E-state index is -1.02. The number of benzene rings is 2. The van der Waals surface area contributed by atoms with Crippen LogP contribution in [0.3, 0.4) is 0 Å². The van der Waals surface area contributed by atoms with Crippen LogP contribution < -0.4 is 5.23 Å². The molecule has 2 amide bonds. The number of nitrogens with zero attached hydrogens (tertiary/aromatic N) is 2. The average molecular weight is 297 g/mol. The number of hydrogen-bond donors (Lipinski definition) is 2. The van der Waals surface area contributed by atoms with E-state index in [1.54, 1.807) is 36.4 Å². The molecule has 1 unspecified atom stereocenters. The summed E-state index contributed by atoms with van der Waals surface area (Å²) >= 11 is 0. The van der Waals surface area contributed by atoms with Crippen LogP contribution in [0.2, 0.25) is 0 Å². The first-order chi connectivity index (χ1) is 10.6. The summed E-state index contributed by atoms with van der Waals surface area (Å²) < 4.78 is 0. The number of quaternary nitrogens is 1. The second kappa shape index (κ2) is 5.49. The van der Waals surface area contributed by atoms with Gasteiger partial charge in [0.15, 0.2) is 5.69 Å². The molecule has 0 fully saturated rings. The number of fused-ring (bicyclic) bond motifs is 1. The first kappa shape index (κ1) is 14.1. The van der Waals surface area contributed by atoms with Crippen molar-refractivity contribution in [2.75, 3.05) is 0 Å². The van der Waals surface area contributed by atoms with Crippen LogP contribution in [0.4, 0.5) is 5.69 Å². The standard InChI is InChI=1S/C15H11N3O4/c19-14-12-3-1-2-4-13(12)15(20)17(14)16-9-10-5-7-11(8-6-10)18(21)22/h1-9,18,21H/b16-9+. The molecule has 0 aliphatic carbocycles. The zero-order valence-electron chi connectivity index (χ0n) is 11.3. The zero-order valence-corrected chi connectivity index (χ0v) is 11.3. The van der Waals surface area contributed by atoms with E-state index in [1.165, 1.54) is 18.3 Å². The largest absolute Gasteiger partial charge is 0.595 e. The van der Waals surface area contributed by atoms with Crippen LogP contribution in [0.15, 0.2) is 53.6 Å². The first-order valence-corrected chi connectivity index (χ1v) is 6.43. The van der Waals surface area contributed by atoms with E-state index in [1.807, 2.05) is 0 Å². The Kier molecular flexibility index (Phi) is 3.51. The van der Waals surface area contributed by atoms with Crippen molar-refractivity contribution in [3.8, 4) is 0 Å². The Morgan fingerprint density at radius 3 is 2.05 bits per heavy atom. The fourth-order valence-corrected chi connectivity index (χ4v) is 2.12. The van der Waals surface area contributed by atoms with Gasteiger partial charge in [-0.15, -0.1) is 0 Å². The van der Waals surface area contributed by atoms with Gasteiger partial charge in [-0.3, -0.25) is 9.59 Å². The number of rotatable bonds is 3. The fraction of sp³-hybridized carbons (Fsp3) is 0.